The average Bonchev–Trinajstić information content (AvgIpc) is 3.29. The van der Waals surface area contributed by atoms with Crippen LogP contribution in [0.3, 0.4) is 0 Å². The molecular weight excluding hydrogens is 825 g/mol. The Labute approximate surface area is 387 Å². The number of esters is 1. The summed E-state index contributed by atoms with van der Waals surface area (Å²) in [6.07, 6.45) is 21.6. The molecule has 380 valence electrons. The SMILES string of the molecule is CCCCCCCCCCCCCCCCCCCC(=O)OC(COCCCCCCCCCCCCCCC)COC1OC(COC2OC(CO)C(O)C(O)C2O)C(O)C(O)C1O. The Morgan fingerprint density at radius 2 is 0.828 bits per heavy atom. The zero-order chi connectivity index (χ0) is 46.6. The van der Waals surface area contributed by atoms with Crippen molar-refractivity contribution in [2.45, 2.75) is 280 Å². The molecule has 0 aromatic heterocycles. The third-order valence-electron chi connectivity index (χ3n) is 12.9. The summed E-state index contributed by atoms with van der Waals surface area (Å²) in [6, 6.07) is 0. The third kappa shape index (κ3) is 26.5. The smallest absolute Gasteiger partial charge is 0.306 e. The van der Waals surface area contributed by atoms with E-state index in [-0.39, 0.29) is 25.6 Å². The van der Waals surface area contributed by atoms with Crippen LogP contribution in [-0.4, -0.2) is 142 Å². The second-order valence-electron chi connectivity index (χ2n) is 18.7. The third-order valence-corrected chi connectivity index (χ3v) is 12.9. The molecule has 11 atom stereocenters. The van der Waals surface area contributed by atoms with Crippen molar-refractivity contribution in [3.8, 4) is 0 Å². The molecule has 0 radical (unpaired) electrons. The van der Waals surface area contributed by atoms with Crippen LogP contribution >= 0.6 is 0 Å². The van der Waals surface area contributed by atoms with Gasteiger partial charge in [0, 0.05) is 13.0 Å². The second-order valence-corrected chi connectivity index (χ2v) is 18.7. The van der Waals surface area contributed by atoms with Gasteiger partial charge in [-0.3, -0.25) is 4.79 Å². The largest absolute Gasteiger partial charge is 0.457 e. The van der Waals surface area contributed by atoms with Gasteiger partial charge >= 0.3 is 5.97 Å². The molecule has 0 spiro atoms. The van der Waals surface area contributed by atoms with E-state index < -0.39 is 80.7 Å². The fourth-order valence-corrected chi connectivity index (χ4v) is 8.58. The van der Waals surface area contributed by atoms with Crippen molar-refractivity contribution in [3.63, 3.8) is 0 Å². The summed E-state index contributed by atoms with van der Waals surface area (Å²) in [4.78, 5) is 13.0. The molecule has 14 heteroatoms. The topological polar surface area (TPSA) is 214 Å². The molecule has 0 bridgehead atoms. The maximum Gasteiger partial charge on any atom is 0.306 e. The van der Waals surface area contributed by atoms with Crippen molar-refractivity contribution >= 4 is 5.97 Å². The van der Waals surface area contributed by atoms with Crippen LogP contribution in [0.1, 0.15) is 213 Å². The van der Waals surface area contributed by atoms with Gasteiger partial charge in [0.1, 0.15) is 54.9 Å². The van der Waals surface area contributed by atoms with Crippen molar-refractivity contribution in [2.75, 3.05) is 33.0 Å². The summed E-state index contributed by atoms with van der Waals surface area (Å²) in [5.74, 6) is -0.370. The Balaban J connectivity index is 1.75. The van der Waals surface area contributed by atoms with Crippen LogP contribution < -0.4 is 0 Å². The van der Waals surface area contributed by atoms with Gasteiger partial charge in [-0.05, 0) is 12.8 Å². The number of ether oxygens (including phenoxy) is 6. The predicted octanol–water partition coefficient (Wildman–Crippen LogP) is 7.69. The maximum absolute atomic E-state index is 13.0. The Kier molecular flexibility index (Phi) is 35.9. The molecular formula is C50H96O14. The van der Waals surface area contributed by atoms with Crippen LogP contribution in [0.4, 0.5) is 0 Å². The quantitative estimate of drug-likeness (QED) is 0.0231. The number of rotatable bonds is 42. The van der Waals surface area contributed by atoms with Gasteiger partial charge in [0.05, 0.1) is 26.4 Å². The van der Waals surface area contributed by atoms with Crippen molar-refractivity contribution in [2.24, 2.45) is 0 Å². The maximum atomic E-state index is 13.0. The van der Waals surface area contributed by atoms with Crippen molar-refractivity contribution in [1.29, 1.82) is 0 Å². The van der Waals surface area contributed by atoms with Gasteiger partial charge < -0.3 is 64.2 Å². The zero-order valence-corrected chi connectivity index (χ0v) is 40.3. The number of hydrogen-bond donors (Lipinski definition) is 7. The molecule has 0 amide bonds. The standard InChI is InChI=1S/C50H96O14/c1-3-5-7-9-11-13-15-17-18-19-20-21-23-25-27-29-31-33-42(52)62-39(36-59-34-32-30-28-26-24-22-16-14-12-10-8-6-4-2)37-60-49-48(58)46(56)44(54)41(64-49)38-61-50-47(57)45(55)43(53)40(35-51)63-50/h39-41,43-51,53-58H,3-38H2,1-2H3. The molecule has 0 saturated carbocycles. The summed E-state index contributed by atoms with van der Waals surface area (Å²) in [5.41, 5.74) is 0. The van der Waals surface area contributed by atoms with Crippen molar-refractivity contribution in [3.05, 3.63) is 0 Å². The Hall–Kier alpha value is -1.01. The van der Waals surface area contributed by atoms with Gasteiger partial charge in [-0.15, -0.1) is 0 Å². The van der Waals surface area contributed by atoms with Crippen molar-refractivity contribution in [1.82, 2.24) is 0 Å². The van der Waals surface area contributed by atoms with Gasteiger partial charge in [0.2, 0.25) is 0 Å². The van der Waals surface area contributed by atoms with Gasteiger partial charge in [0.25, 0.3) is 0 Å². The molecule has 64 heavy (non-hydrogen) atoms. The number of aliphatic hydroxyl groups excluding tert-OH is 7. The van der Waals surface area contributed by atoms with Crippen molar-refractivity contribution < 1.29 is 69.0 Å². The van der Waals surface area contributed by atoms with E-state index in [9.17, 15) is 40.5 Å². The number of aliphatic hydroxyl groups is 7. The van der Waals surface area contributed by atoms with Crippen LogP contribution in [0.5, 0.6) is 0 Å². The Morgan fingerprint density at radius 1 is 0.453 bits per heavy atom. The summed E-state index contributed by atoms with van der Waals surface area (Å²) in [6.45, 7) is 3.73. The van der Waals surface area contributed by atoms with Crippen LogP contribution in [-0.2, 0) is 33.2 Å². The van der Waals surface area contributed by atoms with Crippen LogP contribution in [0.2, 0.25) is 0 Å². The normalized spacial score (nSPS) is 26.6. The van der Waals surface area contributed by atoms with Gasteiger partial charge in [-0.1, -0.05) is 194 Å². The fraction of sp³-hybridized carbons (Fsp3) is 0.980. The monoisotopic (exact) mass is 921 g/mol. The molecule has 2 saturated heterocycles. The van der Waals surface area contributed by atoms with Gasteiger partial charge in [-0.25, -0.2) is 0 Å². The lowest BCUT2D eigenvalue weighted by Crippen LogP contribution is -2.61. The number of hydrogen-bond acceptors (Lipinski definition) is 14. The van der Waals surface area contributed by atoms with E-state index >= 15 is 0 Å². The molecule has 14 nitrogen and oxygen atoms in total. The molecule has 2 fully saturated rings. The minimum atomic E-state index is -1.70. The Bertz CT molecular complexity index is 1070. The Morgan fingerprint density at radius 3 is 1.27 bits per heavy atom. The molecule has 11 unspecified atom stereocenters. The lowest BCUT2D eigenvalue weighted by molar-refractivity contribution is -0.332. The first kappa shape index (κ1) is 59.1. The van der Waals surface area contributed by atoms with E-state index in [1.807, 2.05) is 0 Å². The van der Waals surface area contributed by atoms with E-state index in [4.69, 9.17) is 28.4 Å². The number of carbonyl (C=O) groups is 1. The number of carbonyl (C=O) groups excluding carboxylic acids is 1. The molecule has 2 aliphatic rings. The summed E-state index contributed by atoms with van der Waals surface area (Å²) < 4.78 is 34.3. The summed E-state index contributed by atoms with van der Waals surface area (Å²) >= 11 is 0. The van der Waals surface area contributed by atoms with E-state index in [1.165, 1.54) is 148 Å². The van der Waals surface area contributed by atoms with E-state index in [0.717, 1.165) is 44.9 Å². The predicted molar refractivity (Wildman–Crippen MR) is 248 cm³/mol. The minimum absolute atomic E-state index is 0.0701. The minimum Gasteiger partial charge on any atom is -0.457 e. The first-order valence-electron chi connectivity index (χ1n) is 26.1. The number of unbranched alkanes of at least 4 members (excludes halogenated alkanes) is 28. The first-order valence-corrected chi connectivity index (χ1v) is 26.1. The summed E-state index contributed by atoms with van der Waals surface area (Å²) in [7, 11) is 0. The lowest BCUT2D eigenvalue weighted by Gasteiger charge is -2.42. The molecule has 2 aliphatic heterocycles. The van der Waals surface area contributed by atoms with E-state index in [0.29, 0.717) is 6.61 Å². The molecule has 2 rings (SSSR count). The van der Waals surface area contributed by atoms with E-state index in [1.54, 1.807) is 0 Å². The van der Waals surface area contributed by atoms with Crippen LogP contribution in [0.25, 0.3) is 0 Å². The molecule has 0 aromatic carbocycles. The highest BCUT2D eigenvalue weighted by Crippen LogP contribution is 2.26. The molecule has 0 aromatic rings. The average molecular weight is 921 g/mol. The lowest BCUT2D eigenvalue weighted by atomic mass is 9.98. The zero-order valence-electron chi connectivity index (χ0n) is 40.3. The highest BCUT2D eigenvalue weighted by atomic mass is 16.7. The highest BCUT2D eigenvalue weighted by molar-refractivity contribution is 5.69. The second kappa shape index (κ2) is 38.9. The first-order chi connectivity index (χ1) is 31.1. The van der Waals surface area contributed by atoms with Gasteiger partial charge in [-0.2, -0.15) is 0 Å². The molecule has 2 heterocycles. The molecule has 7 N–H and O–H groups in total. The van der Waals surface area contributed by atoms with Gasteiger partial charge in [0.15, 0.2) is 12.6 Å². The van der Waals surface area contributed by atoms with Crippen LogP contribution in [0, 0.1) is 0 Å². The molecule has 0 aliphatic carbocycles. The van der Waals surface area contributed by atoms with E-state index in [2.05, 4.69) is 13.8 Å². The fourth-order valence-electron chi connectivity index (χ4n) is 8.58. The van der Waals surface area contributed by atoms with Crippen LogP contribution in [0.15, 0.2) is 0 Å². The highest BCUT2D eigenvalue weighted by Gasteiger charge is 2.47. The summed E-state index contributed by atoms with van der Waals surface area (Å²) in [5, 5.41) is 72.1.